The molecule has 5 rings (SSSR count). The third kappa shape index (κ3) is 4.59. The smallest absolute Gasteiger partial charge is 0.255 e. The molecule has 4 aromatic carbocycles. The molecule has 1 N–H and O–H groups in total. The molecular weight excluding hydrogens is 456 g/mol. The Morgan fingerprint density at radius 2 is 1.53 bits per heavy atom. The van der Waals surface area contributed by atoms with E-state index in [0.29, 0.717) is 40.0 Å². The Hall–Kier alpha value is -4.78. The Bertz CT molecular complexity index is 1580. The number of nitrogens with zero attached hydrogens (tertiary/aromatic N) is 1. The molecule has 36 heavy (non-hydrogen) atoms. The molecular formula is C29H24N2O5. The van der Waals surface area contributed by atoms with E-state index in [0.717, 1.165) is 21.7 Å². The minimum absolute atomic E-state index is 0.215. The number of carbonyl (C=O) groups is 1. The van der Waals surface area contributed by atoms with Gasteiger partial charge >= 0.3 is 0 Å². The summed E-state index contributed by atoms with van der Waals surface area (Å²) in [6.45, 7) is 0. The zero-order valence-electron chi connectivity index (χ0n) is 20.1. The Morgan fingerprint density at radius 1 is 0.722 bits per heavy atom. The molecule has 7 heteroatoms. The standard InChI is InChI=1S/C29H24N2O5/c1-33-22-6-4-5-19(14-22)29(32)31-21-9-7-18-8-10-23(15-20(18)13-21)36-26-11-12-30-25-17-28(35-3)27(34-2)16-24(25)26/h4-17H,1-3H3,(H,31,32). The SMILES string of the molecule is COc1cccc(C(=O)Nc2ccc3ccc(Oc4ccnc5cc(OC)c(OC)cc45)cc3c2)c1. The van der Waals surface area contributed by atoms with Gasteiger partial charge in [-0.1, -0.05) is 18.2 Å². The molecule has 5 aromatic rings. The molecule has 1 heterocycles. The van der Waals surface area contributed by atoms with Crippen molar-refractivity contribution in [2.24, 2.45) is 0 Å². The highest BCUT2D eigenvalue weighted by Crippen LogP contribution is 2.37. The molecule has 0 radical (unpaired) electrons. The van der Waals surface area contributed by atoms with Gasteiger partial charge < -0.3 is 24.3 Å². The van der Waals surface area contributed by atoms with Gasteiger partial charge in [0.25, 0.3) is 5.91 Å². The summed E-state index contributed by atoms with van der Waals surface area (Å²) in [6, 6.07) is 24.1. The van der Waals surface area contributed by atoms with Crippen molar-refractivity contribution < 1.29 is 23.7 Å². The molecule has 7 nitrogen and oxygen atoms in total. The summed E-state index contributed by atoms with van der Waals surface area (Å²) < 4.78 is 22.3. The molecule has 0 aliphatic heterocycles. The molecule has 0 bridgehead atoms. The van der Waals surface area contributed by atoms with Gasteiger partial charge in [-0.25, -0.2) is 0 Å². The largest absolute Gasteiger partial charge is 0.497 e. The van der Waals surface area contributed by atoms with Crippen molar-refractivity contribution in [3.63, 3.8) is 0 Å². The first-order valence-corrected chi connectivity index (χ1v) is 11.3. The quantitative estimate of drug-likeness (QED) is 0.288. The lowest BCUT2D eigenvalue weighted by Crippen LogP contribution is -2.11. The van der Waals surface area contributed by atoms with Crippen molar-refractivity contribution in [2.75, 3.05) is 26.6 Å². The number of pyridine rings is 1. The van der Waals surface area contributed by atoms with Crippen LogP contribution in [0.5, 0.6) is 28.7 Å². The van der Waals surface area contributed by atoms with Gasteiger partial charge in [0, 0.05) is 28.9 Å². The zero-order valence-corrected chi connectivity index (χ0v) is 20.1. The lowest BCUT2D eigenvalue weighted by Gasteiger charge is -2.13. The van der Waals surface area contributed by atoms with Crippen LogP contribution < -0.4 is 24.3 Å². The fourth-order valence-electron chi connectivity index (χ4n) is 4.00. The van der Waals surface area contributed by atoms with E-state index in [4.69, 9.17) is 18.9 Å². The molecule has 0 saturated carbocycles. The lowest BCUT2D eigenvalue weighted by atomic mass is 10.1. The number of aromatic nitrogens is 1. The number of nitrogens with one attached hydrogen (secondary N) is 1. The van der Waals surface area contributed by atoms with E-state index in [1.807, 2.05) is 54.6 Å². The maximum Gasteiger partial charge on any atom is 0.255 e. The average molecular weight is 481 g/mol. The van der Waals surface area contributed by atoms with Crippen LogP contribution in [0, 0.1) is 0 Å². The highest BCUT2D eigenvalue weighted by atomic mass is 16.5. The number of carbonyl (C=O) groups excluding carboxylic acids is 1. The summed E-state index contributed by atoms with van der Waals surface area (Å²) >= 11 is 0. The van der Waals surface area contributed by atoms with Gasteiger partial charge in [-0.15, -0.1) is 0 Å². The number of rotatable bonds is 7. The number of methoxy groups -OCH3 is 3. The summed E-state index contributed by atoms with van der Waals surface area (Å²) in [5.74, 6) is 2.90. The van der Waals surface area contributed by atoms with Gasteiger partial charge in [0.15, 0.2) is 11.5 Å². The average Bonchev–Trinajstić information content (AvgIpc) is 2.92. The second-order valence-corrected chi connectivity index (χ2v) is 8.05. The monoisotopic (exact) mass is 480 g/mol. The Labute approximate surface area is 208 Å². The summed E-state index contributed by atoms with van der Waals surface area (Å²) in [7, 11) is 4.75. The van der Waals surface area contributed by atoms with Gasteiger partial charge in [0.05, 0.1) is 26.8 Å². The minimum atomic E-state index is -0.215. The number of anilines is 1. The zero-order chi connectivity index (χ0) is 25.1. The van der Waals surface area contributed by atoms with E-state index < -0.39 is 0 Å². The summed E-state index contributed by atoms with van der Waals surface area (Å²) in [4.78, 5) is 17.2. The first kappa shape index (κ1) is 23.0. The number of fused-ring (bicyclic) bond motifs is 2. The Balaban J connectivity index is 1.43. The summed E-state index contributed by atoms with van der Waals surface area (Å²) in [5.41, 5.74) is 1.93. The first-order valence-electron chi connectivity index (χ1n) is 11.3. The van der Waals surface area contributed by atoms with Crippen molar-refractivity contribution in [3.8, 4) is 28.7 Å². The van der Waals surface area contributed by atoms with E-state index in [9.17, 15) is 4.79 Å². The van der Waals surface area contributed by atoms with Crippen LogP contribution in [0.2, 0.25) is 0 Å². The van der Waals surface area contributed by atoms with Crippen LogP contribution in [0.15, 0.2) is 85.1 Å². The predicted molar refractivity (Wildman–Crippen MR) is 140 cm³/mol. The molecule has 1 amide bonds. The normalized spacial score (nSPS) is 10.8. The molecule has 0 spiro atoms. The van der Waals surface area contributed by atoms with Crippen molar-refractivity contribution >= 4 is 33.3 Å². The van der Waals surface area contributed by atoms with Gasteiger partial charge in [0.1, 0.15) is 17.2 Å². The number of benzene rings is 4. The van der Waals surface area contributed by atoms with E-state index in [-0.39, 0.29) is 5.91 Å². The van der Waals surface area contributed by atoms with E-state index in [1.165, 1.54) is 0 Å². The molecule has 0 aliphatic rings. The number of hydrogen-bond donors (Lipinski definition) is 1. The van der Waals surface area contributed by atoms with Crippen LogP contribution in [0.3, 0.4) is 0 Å². The molecule has 0 saturated heterocycles. The molecule has 0 fully saturated rings. The van der Waals surface area contributed by atoms with Crippen LogP contribution >= 0.6 is 0 Å². The lowest BCUT2D eigenvalue weighted by molar-refractivity contribution is 0.102. The third-order valence-electron chi connectivity index (χ3n) is 5.84. The van der Waals surface area contributed by atoms with Crippen LogP contribution in [0.1, 0.15) is 10.4 Å². The first-order chi connectivity index (χ1) is 17.6. The molecule has 0 aliphatic carbocycles. The van der Waals surface area contributed by atoms with Crippen molar-refractivity contribution in [3.05, 3.63) is 90.6 Å². The predicted octanol–water partition coefficient (Wildman–Crippen LogP) is 6.46. The van der Waals surface area contributed by atoms with Crippen LogP contribution in [-0.4, -0.2) is 32.2 Å². The topological polar surface area (TPSA) is 78.9 Å². The maximum atomic E-state index is 12.7. The minimum Gasteiger partial charge on any atom is -0.497 e. The number of amides is 1. The van der Waals surface area contributed by atoms with Gasteiger partial charge in [-0.3, -0.25) is 9.78 Å². The second-order valence-electron chi connectivity index (χ2n) is 8.05. The van der Waals surface area contributed by atoms with E-state index >= 15 is 0 Å². The fourth-order valence-corrected chi connectivity index (χ4v) is 4.00. The Kier molecular flexibility index (Phi) is 6.28. The van der Waals surface area contributed by atoms with Crippen molar-refractivity contribution in [2.45, 2.75) is 0 Å². The van der Waals surface area contributed by atoms with Gasteiger partial charge in [-0.2, -0.15) is 0 Å². The van der Waals surface area contributed by atoms with E-state index in [2.05, 4.69) is 10.3 Å². The van der Waals surface area contributed by atoms with Crippen molar-refractivity contribution in [1.82, 2.24) is 4.98 Å². The van der Waals surface area contributed by atoms with Gasteiger partial charge in [0.2, 0.25) is 0 Å². The molecule has 180 valence electrons. The fraction of sp³-hybridized carbons (Fsp3) is 0.103. The van der Waals surface area contributed by atoms with Crippen LogP contribution in [0.4, 0.5) is 5.69 Å². The third-order valence-corrected chi connectivity index (χ3v) is 5.84. The highest BCUT2D eigenvalue weighted by molar-refractivity contribution is 6.05. The number of hydrogen-bond acceptors (Lipinski definition) is 6. The maximum absolute atomic E-state index is 12.7. The highest BCUT2D eigenvalue weighted by Gasteiger charge is 2.12. The second kappa shape index (κ2) is 9.84. The van der Waals surface area contributed by atoms with Crippen molar-refractivity contribution in [1.29, 1.82) is 0 Å². The number of ether oxygens (including phenoxy) is 4. The van der Waals surface area contributed by atoms with Gasteiger partial charge in [-0.05, 0) is 65.4 Å². The van der Waals surface area contributed by atoms with Crippen LogP contribution in [0.25, 0.3) is 21.7 Å². The summed E-state index contributed by atoms with van der Waals surface area (Å²) in [5, 5.41) is 5.70. The molecule has 0 atom stereocenters. The Morgan fingerprint density at radius 3 is 2.33 bits per heavy atom. The van der Waals surface area contributed by atoms with E-state index in [1.54, 1.807) is 51.8 Å². The molecule has 1 aromatic heterocycles. The van der Waals surface area contributed by atoms with Crippen LogP contribution in [-0.2, 0) is 0 Å². The summed E-state index contributed by atoms with van der Waals surface area (Å²) in [6.07, 6.45) is 1.69. The molecule has 0 unspecified atom stereocenters.